The monoisotopic (exact) mass is 408 g/mol. The normalized spacial score (nSPS) is 20.0. The number of carbonyl (C=O) groups is 1. The fraction of sp³-hybridized carbons (Fsp3) is 0.700. The summed E-state index contributed by atoms with van der Waals surface area (Å²) in [6.45, 7) is 7.80. The zero-order valence-electron chi connectivity index (χ0n) is 17.2. The number of nitrogens with zero attached hydrogens (tertiary/aromatic N) is 4. The SMILES string of the molecule is CCN(C1CCN(c2ccc(C(=O)N3CCC(C)CC3)cn2)CC1)S(C)(=O)=O. The van der Waals surface area contributed by atoms with Crippen LogP contribution < -0.4 is 4.90 Å². The first-order valence-electron chi connectivity index (χ1n) is 10.3. The Morgan fingerprint density at radius 2 is 1.79 bits per heavy atom. The highest BCUT2D eigenvalue weighted by Gasteiger charge is 2.29. The zero-order valence-corrected chi connectivity index (χ0v) is 18.0. The molecule has 1 amide bonds. The molecule has 0 aliphatic carbocycles. The van der Waals surface area contributed by atoms with Crippen LogP contribution in [0.4, 0.5) is 5.82 Å². The van der Waals surface area contributed by atoms with E-state index in [4.69, 9.17) is 0 Å². The molecule has 0 radical (unpaired) electrons. The van der Waals surface area contributed by atoms with Gasteiger partial charge in [-0.3, -0.25) is 4.79 Å². The first-order chi connectivity index (χ1) is 13.3. The minimum atomic E-state index is -3.17. The molecule has 2 fully saturated rings. The van der Waals surface area contributed by atoms with Gasteiger partial charge in [0.25, 0.3) is 5.91 Å². The van der Waals surface area contributed by atoms with Crippen molar-refractivity contribution in [1.29, 1.82) is 0 Å². The van der Waals surface area contributed by atoms with Gasteiger partial charge in [0.05, 0.1) is 11.8 Å². The van der Waals surface area contributed by atoms with E-state index in [1.807, 2.05) is 24.0 Å². The molecular formula is C20H32N4O3S. The summed E-state index contributed by atoms with van der Waals surface area (Å²) in [6.07, 6.45) is 6.66. The maximum absolute atomic E-state index is 12.6. The minimum absolute atomic E-state index is 0.0543. The smallest absolute Gasteiger partial charge is 0.255 e. The summed E-state index contributed by atoms with van der Waals surface area (Å²) in [5.41, 5.74) is 0.641. The average molecular weight is 409 g/mol. The number of anilines is 1. The molecular weight excluding hydrogens is 376 g/mol. The van der Waals surface area contributed by atoms with Gasteiger partial charge in [0, 0.05) is 45.0 Å². The van der Waals surface area contributed by atoms with Gasteiger partial charge in [-0.15, -0.1) is 0 Å². The fourth-order valence-corrected chi connectivity index (χ4v) is 5.46. The van der Waals surface area contributed by atoms with E-state index in [-0.39, 0.29) is 11.9 Å². The molecule has 2 aliphatic heterocycles. The number of amides is 1. The third-order valence-corrected chi connectivity index (χ3v) is 7.41. The van der Waals surface area contributed by atoms with Crippen LogP contribution in [0, 0.1) is 5.92 Å². The molecule has 8 heteroatoms. The Kier molecular flexibility index (Phi) is 6.60. The highest BCUT2D eigenvalue weighted by molar-refractivity contribution is 7.88. The summed E-state index contributed by atoms with van der Waals surface area (Å²) in [6, 6.07) is 3.83. The Bertz CT molecular complexity index is 765. The number of carbonyl (C=O) groups excluding carboxylic acids is 1. The average Bonchev–Trinajstić information content (AvgIpc) is 2.68. The molecule has 1 aromatic rings. The maximum atomic E-state index is 12.6. The Morgan fingerprint density at radius 1 is 1.14 bits per heavy atom. The second-order valence-corrected chi connectivity index (χ2v) is 10.00. The number of rotatable bonds is 5. The summed E-state index contributed by atoms with van der Waals surface area (Å²) in [5.74, 6) is 1.61. The predicted octanol–water partition coefficient (Wildman–Crippen LogP) is 2.20. The van der Waals surface area contributed by atoms with E-state index in [0.29, 0.717) is 18.0 Å². The van der Waals surface area contributed by atoms with Gasteiger partial charge in [-0.1, -0.05) is 13.8 Å². The van der Waals surface area contributed by atoms with Crippen molar-refractivity contribution in [2.75, 3.05) is 43.9 Å². The summed E-state index contributed by atoms with van der Waals surface area (Å²) >= 11 is 0. The van der Waals surface area contributed by atoms with Crippen LogP contribution >= 0.6 is 0 Å². The van der Waals surface area contributed by atoms with Crippen molar-refractivity contribution in [2.45, 2.75) is 45.6 Å². The molecule has 2 aliphatic rings. The fourth-order valence-electron chi connectivity index (χ4n) is 4.24. The summed E-state index contributed by atoms with van der Waals surface area (Å²) in [7, 11) is -3.17. The Hall–Kier alpha value is -1.67. The van der Waals surface area contributed by atoms with Gasteiger partial charge in [0.2, 0.25) is 10.0 Å². The van der Waals surface area contributed by atoms with Crippen molar-refractivity contribution in [3.8, 4) is 0 Å². The van der Waals surface area contributed by atoms with Crippen molar-refractivity contribution in [3.05, 3.63) is 23.9 Å². The van der Waals surface area contributed by atoms with E-state index in [0.717, 1.165) is 57.7 Å². The van der Waals surface area contributed by atoms with E-state index in [2.05, 4.69) is 16.8 Å². The molecule has 0 bridgehead atoms. The topological polar surface area (TPSA) is 73.8 Å². The molecule has 2 saturated heterocycles. The van der Waals surface area contributed by atoms with E-state index in [9.17, 15) is 13.2 Å². The lowest BCUT2D eigenvalue weighted by atomic mass is 9.99. The number of aromatic nitrogens is 1. The van der Waals surface area contributed by atoms with Gasteiger partial charge in [0.1, 0.15) is 5.82 Å². The van der Waals surface area contributed by atoms with Crippen LogP contribution in [-0.4, -0.2) is 73.5 Å². The van der Waals surface area contributed by atoms with Crippen LogP contribution in [0.25, 0.3) is 0 Å². The van der Waals surface area contributed by atoms with E-state index >= 15 is 0 Å². The largest absolute Gasteiger partial charge is 0.357 e. The maximum Gasteiger partial charge on any atom is 0.255 e. The summed E-state index contributed by atoms with van der Waals surface area (Å²) < 4.78 is 25.5. The molecule has 28 heavy (non-hydrogen) atoms. The number of pyridine rings is 1. The van der Waals surface area contributed by atoms with Crippen LogP contribution in [0.15, 0.2) is 18.3 Å². The lowest BCUT2D eigenvalue weighted by Crippen LogP contribution is -2.47. The van der Waals surface area contributed by atoms with Crippen molar-refractivity contribution >= 4 is 21.7 Å². The number of likely N-dealkylation sites (tertiary alicyclic amines) is 1. The molecule has 0 spiro atoms. The van der Waals surface area contributed by atoms with Gasteiger partial charge in [-0.05, 0) is 43.7 Å². The van der Waals surface area contributed by atoms with E-state index < -0.39 is 10.0 Å². The first-order valence-corrected chi connectivity index (χ1v) is 12.1. The van der Waals surface area contributed by atoms with Crippen LogP contribution in [0.1, 0.15) is 49.9 Å². The van der Waals surface area contributed by atoms with E-state index in [1.165, 1.54) is 6.26 Å². The Balaban J connectivity index is 1.58. The summed E-state index contributed by atoms with van der Waals surface area (Å²) in [5, 5.41) is 0. The third kappa shape index (κ3) is 4.84. The van der Waals surface area contributed by atoms with Crippen LogP contribution in [0.3, 0.4) is 0 Å². The molecule has 156 valence electrons. The van der Waals surface area contributed by atoms with Gasteiger partial charge in [-0.25, -0.2) is 13.4 Å². The number of hydrogen-bond acceptors (Lipinski definition) is 5. The second-order valence-electron chi connectivity index (χ2n) is 8.06. The van der Waals surface area contributed by atoms with Crippen molar-refractivity contribution in [2.24, 2.45) is 5.92 Å². The number of hydrogen-bond donors (Lipinski definition) is 0. The number of sulfonamides is 1. The number of piperidine rings is 2. The van der Waals surface area contributed by atoms with Gasteiger partial charge < -0.3 is 9.80 Å². The van der Waals surface area contributed by atoms with Crippen LogP contribution in [0.5, 0.6) is 0 Å². The van der Waals surface area contributed by atoms with E-state index in [1.54, 1.807) is 10.5 Å². The van der Waals surface area contributed by atoms with Crippen LogP contribution in [-0.2, 0) is 10.0 Å². The Morgan fingerprint density at radius 3 is 2.29 bits per heavy atom. The lowest BCUT2D eigenvalue weighted by Gasteiger charge is -2.37. The standard InChI is InChI=1S/C20H32N4O3S/c1-4-24(28(3,26)27)18-9-13-22(14-10-18)19-6-5-17(15-21-19)20(25)23-11-7-16(2)8-12-23/h5-6,15-16,18H,4,7-14H2,1-3H3. The molecule has 0 saturated carbocycles. The molecule has 3 heterocycles. The minimum Gasteiger partial charge on any atom is -0.357 e. The Labute approximate surface area is 168 Å². The van der Waals surface area contributed by atoms with Gasteiger partial charge in [-0.2, -0.15) is 4.31 Å². The third-order valence-electron chi connectivity index (χ3n) is 6.00. The molecule has 0 aromatic carbocycles. The van der Waals surface area contributed by atoms with Crippen LogP contribution in [0.2, 0.25) is 0 Å². The van der Waals surface area contributed by atoms with Gasteiger partial charge >= 0.3 is 0 Å². The van der Waals surface area contributed by atoms with Crippen molar-refractivity contribution in [1.82, 2.24) is 14.2 Å². The molecule has 7 nitrogen and oxygen atoms in total. The first kappa shape index (κ1) is 21.0. The highest BCUT2D eigenvalue weighted by atomic mass is 32.2. The highest BCUT2D eigenvalue weighted by Crippen LogP contribution is 2.23. The molecule has 0 atom stereocenters. The molecule has 0 N–H and O–H groups in total. The van der Waals surface area contributed by atoms with Gasteiger partial charge in [0.15, 0.2) is 0 Å². The second kappa shape index (κ2) is 8.78. The van der Waals surface area contributed by atoms with Crippen molar-refractivity contribution < 1.29 is 13.2 Å². The quantitative estimate of drug-likeness (QED) is 0.747. The zero-order chi connectivity index (χ0) is 20.3. The lowest BCUT2D eigenvalue weighted by molar-refractivity contribution is 0.0697. The van der Waals surface area contributed by atoms with Crippen molar-refractivity contribution in [3.63, 3.8) is 0 Å². The summed E-state index contributed by atoms with van der Waals surface area (Å²) in [4.78, 5) is 21.3. The molecule has 0 unspecified atom stereocenters. The molecule has 3 rings (SSSR count). The molecule has 1 aromatic heterocycles. The predicted molar refractivity (Wildman–Crippen MR) is 111 cm³/mol.